The van der Waals surface area contributed by atoms with Gasteiger partial charge in [0.15, 0.2) is 0 Å². The molecule has 0 bridgehead atoms. The molecule has 1 N–H and O–H groups in total. The van der Waals surface area contributed by atoms with E-state index in [1.165, 1.54) is 22.8 Å². The van der Waals surface area contributed by atoms with E-state index in [4.69, 9.17) is 5.26 Å². The average molecular weight is 278 g/mol. The summed E-state index contributed by atoms with van der Waals surface area (Å²) in [6.45, 7) is 0.999. The van der Waals surface area contributed by atoms with Crippen LogP contribution in [0.4, 0.5) is 0 Å². The zero-order chi connectivity index (χ0) is 12.6. The molecule has 1 aromatic rings. The van der Waals surface area contributed by atoms with Gasteiger partial charge in [-0.05, 0) is 5.56 Å². The molecule has 0 aromatic heterocycles. The molecule has 2 unspecified atom stereocenters. The fourth-order valence-corrected chi connectivity index (χ4v) is 4.64. The smallest absolute Gasteiger partial charge is 0.0641 e. The lowest BCUT2D eigenvalue weighted by atomic mass is 10.0. The fraction of sp³-hybridized carbons (Fsp3) is 0.500. The van der Waals surface area contributed by atoms with Crippen LogP contribution < -0.4 is 5.32 Å². The average Bonchev–Trinajstić information content (AvgIpc) is 2.45. The second-order valence-electron chi connectivity index (χ2n) is 4.30. The van der Waals surface area contributed by atoms with Crippen LogP contribution >= 0.6 is 23.5 Å². The summed E-state index contributed by atoms with van der Waals surface area (Å²) in [6, 6.07) is 12.7. The van der Waals surface area contributed by atoms with Crippen molar-refractivity contribution in [3.05, 3.63) is 35.9 Å². The number of rotatable bonds is 5. The predicted octanol–water partition coefficient (Wildman–Crippen LogP) is 3.08. The third kappa shape index (κ3) is 4.24. The van der Waals surface area contributed by atoms with Crippen LogP contribution in [0.25, 0.3) is 0 Å². The van der Waals surface area contributed by atoms with Crippen LogP contribution in [0.15, 0.2) is 30.3 Å². The summed E-state index contributed by atoms with van der Waals surface area (Å²) in [5, 5.41) is 13.2. The summed E-state index contributed by atoms with van der Waals surface area (Å²) >= 11 is 4.09. The van der Waals surface area contributed by atoms with E-state index in [0.717, 1.165) is 6.54 Å². The maximum Gasteiger partial charge on any atom is 0.0641 e. The zero-order valence-corrected chi connectivity index (χ0v) is 12.0. The van der Waals surface area contributed by atoms with Gasteiger partial charge in [0, 0.05) is 35.1 Å². The van der Waals surface area contributed by atoms with Crippen molar-refractivity contribution < 1.29 is 0 Å². The summed E-state index contributed by atoms with van der Waals surface area (Å²) in [7, 11) is 0. The minimum atomic E-state index is 0.170. The van der Waals surface area contributed by atoms with Crippen molar-refractivity contribution in [3.8, 4) is 6.07 Å². The lowest BCUT2D eigenvalue weighted by molar-refractivity contribution is 0.546. The minimum Gasteiger partial charge on any atom is -0.308 e. The Balaban J connectivity index is 1.88. The molecule has 1 saturated heterocycles. The van der Waals surface area contributed by atoms with Gasteiger partial charge in [0.2, 0.25) is 0 Å². The van der Waals surface area contributed by atoms with Crippen LogP contribution in [0.2, 0.25) is 0 Å². The van der Waals surface area contributed by atoms with Crippen molar-refractivity contribution in [1.82, 2.24) is 5.32 Å². The van der Waals surface area contributed by atoms with Crippen molar-refractivity contribution >= 4 is 23.5 Å². The third-order valence-corrected chi connectivity index (χ3v) is 5.82. The molecule has 0 spiro atoms. The first-order valence-corrected chi connectivity index (χ1v) is 8.45. The molecule has 0 amide bonds. The lowest BCUT2D eigenvalue weighted by Gasteiger charge is -2.24. The zero-order valence-electron chi connectivity index (χ0n) is 10.3. The van der Waals surface area contributed by atoms with Crippen LogP contribution in [0.1, 0.15) is 18.0 Å². The highest BCUT2D eigenvalue weighted by Crippen LogP contribution is 2.24. The van der Waals surface area contributed by atoms with Crippen molar-refractivity contribution in [1.29, 1.82) is 5.26 Å². The van der Waals surface area contributed by atoms with Crippen LogP contribution in [0.3, 0.4) is 0 Å². The molecule has 1 fully saturated rings. The molecule has 0 radical (unpaired) electrons. The molecule has 18 heavy (non-hydrogen) atoms. The predicted molar refractivity (Wildman–Crippen MR) is 81.0 cm³/mol. The maximum absolute atomic E-state index is 8.94. The van der Waals surface area contributed by atoms with Gasteiger partial charge in [-0.2, -0.15) is 28.8 Å². The van der Waals surface area contributed by atoms with Gasteiger partial charge in [-0.1, -0.05) is 30.3 Å². The largest absolute Gasteiger partial charge is 0.308 e. The molecule has 1 aromatic carbocycles. The van der Waals surface area contributed by atoms with E-state index in [9.17, 15) is 0 Å². The molecule has 96 valence electrons. The third-order valence-electron chi connectivity index (χ3n) is 2.97. The monoisotopic (exact) mass is 278 g/mol. The topological polar surface area (TPSA) is 35.8 Å². The molecule has 2 nitrogen and oxygen atoms in total. The molecule has 2 rings (SSSR count). The van der Waals surface area contributed by atoms with E-state index >= 15 is 0 Å². The number of hydrogen-bond acceptors (Lipinski definition) is 4. The van der Waals surface area contributed by atoms with Gasteiger partial charge >= 0.3 is 0 Å². The second kappa shape index (κ2) is 7.73. The van der Waals surface area contributed by atoms with Crippen LogP contribution in [0.5, 0.6) is 0 Å². The highest BCUT2D eigenvalue weighted by Gasteiger charge is 2.17. The Morgan fingerprint density at radius 1 is 1.33 bits per heavy atom. The van der Waals surface area contributed by atoms with Gasteiger partial charge in [-0.3, -0.25) is 0 Å². The number of hydrogen-bond donors (Lipinski definition) is 1. The standard InChI is InChI=1S/C14H18N2S2/c15-7-6-14(12-4-2-1-3-5-12)16-10-13-11-17-8-9-18-13/h1-5,13-14,16H,6,8-11H2. The van der Waals surface area contributed by atoms with Crippen molar-refractivity contribution in [2.45, 2.75) is 17.7 Å². The molecule has 1 heterocycles. The maximum atomic E-state index is 8.94. The summed E-state index contributed by atoms with van der Waals surface area (Å²) < 4.78 is 0. The Bertz CT molecular complexity index is 383. The fourth-order valence-electron chi connectivity index (χ4n) is 2.01. The second-order valence-corrected chi connectivity index (χ2v) is 6.86. The van der Waals surface area contributed by atoms with Gasteiger partial charge in [0.05, 0.1) is 12.5 Å². The number of nitrogens with one attached hydrogen (secondary N) is 1. The first kappa shape index (κ1) is 13.8. The summed E-state index contributed by atoms with van der Waals surface area (Å²) in [6.07, 6.45) is 0.536. The van der Waals surface area contributed by atoms with E-state index in [-0.39, 0.29) is 6.04 Å². The van der Waals surface area contributed by atoms with E-state index in [1.807, 2.05) is 30.0 Å². The van der Waals surface area contributed by atoms with Crippen molar-refractivity contribution in [2.24, 2.45) is 0 Å². The molecular formula is C14H18N2S2. The lowest BCUT2D eigenvalue weighted by Crippen LogP contribution is -2.31. The molecule has 4 heteroatoms. The molecule has 2 atom stereocenters. The number of thioether (sulfide) groups is 2. The van der Waals surface area contributed by atoms with Gasteiger partial charge in [0.25, 0.3) is 0 Å². The summed E-state index contributed by atoms with van der Waals surface area (Å²) in [5.74, 6) is 3.76. The van der Waals surface area contributed by atoms with Crippen LogP contribution in [-0.2, 0) is 0 Å². The first-order valence-electron chi connectivity index (χ1n) is 6.25. The first-order chi connectivity index (χ1) is 8.90. The Hall–Kier alpha value is -0.630. The van der Waals surface area contributed by atoms with Crippen LogP contribution in [-0.4, -0.2) is 29.1 Å². The summed E-state index contributed by atoms with van der Waals surface area (Å²) in [5.41, 5.74) is 1.22. The van der Waals surface area contributed by atoms with Gasteiger partial charge in [0.1, 0.15) is 0 Å². The Labute approximate surface area is 118 Å². The van der Waals surface area contributed by atoms with E-state index in [2.05, 4.69) is 35.3 Å². The number of nitrogens with zero attached hydrogens (tertiary/aromatic N) is 1. The number of nitriles is 1. The number of benzene rings is 1. The van der Waals surface area contributed by atoms with Gasteiger partial charge < -0.3 is 5.32 Å². The van der Waals surface area contributed by atoms with E-state index < -0.39 is 0 Å². The highest BCUT2D eigenvalue weighted by atomic mass is 32.2. The van der Waals surface area contributed by atoms with E-state index in [1.54, 1.807) is 0 Å². The Kier molecular flexibility index (Phi) is 5.92. The highest BCUT2D eigenvalue weighted by molar-refractivity contribution is 8.06. The normalized spacial score (nSPS) is 21.2. The van der Waals surface area contributed by atoms with Gasteiger partial charge in [-0.25, -0.2) is 0 Å². The molecule has 1 aliphatic heterocycles. The van der Waals surface area contributed by atoms with E-state index in [0.29, 0.717) is 11.7 Å². The molecule has 0 saturated carbocycles. The Morgan fingerprint density at radius 3 is 2.83 bits per heavy atom. The van der Waals surface area contributed by atoms with Crippen LogP contribution in [0, 0.1) is 11.3 Å². The minimum absolute atomic E-state index is 0.170. The molecular weight excluding hydrogens is 260 g/mol. The summed E-state index contributed by atoms with van der Waals surface area (Å²) in [4.78, 5) is 0. The molecule has 1 aliphatic rings. The molecule has 0 aliphatic carbocycles. The van der Waals surface area contributed by atoms with Gasteiger partial charge in [-0.15, -0.1) is 0 Å². The Morgan fingerprint density at radius 2 is 2.17 bits per heavy atom. The SMILES string of the molecule is N#CCC(NCC1CSCCS1)c1ccccc1. The van der Waals surface area contributed by atoms with Crippen molar-refractivity contribution in [2.75, 3.05) is 23.8 Å². The quantitative estimate of drug-likeness (QED) is 0.898. The van der Waals surface area contributed by atoms with Crippen molar-refractivity contribution in [3.63, 3.8) is 0 Å².